The number of thiophene rings is 1. The van der Waals surface area contributed by atoms with E-state index in [0.29, 0.717) is 17.5 Å². The fraction of sp³-hybridized carbons (Fsp3) is 0.0536. The predicted octanol–water partition coefficient (Wildman–Crippen LogP) is 15.2. The number of fused-ring (bicyclic) bond motifs is 11. The first-order valence-corrected chi connectivity index (χ1v) is 21.7. The maximum atomic E-state index is 6.98. The normalized spacial score (nSPS) is 13.9. The zero-order valence-corrected chi connectivity index (χ0v) is 33.8. The van der Waals surface area contributed by atoms with Gasteiger partial charge in [0.25, 0.3) is 0 Å². The van der Waals surface area contributed by atoms with Gasteiger partial charge in [-0.1, -0.05) is 127 Å². The van der Waals surface area contributed by atoms with Crippen LogP contribution in [0.4, 0.5) is 0 Å². The number of para-hydroxylation sites is 1. The van der Waals surface area contributed by atoms with E-state index in [1.807, 2.05) is 11.3 Å². The van der Waals surface area contributed by atoms with E-state index in [9.17, 15) is 0 Å². The van der Waals surface area contributed by atoms with E-state index >= 15 is 0 Å². The minimum Gasteiger partial charge on any atom is -0.456 e. The highest BCUT2D eigenvalue weighted by Crippen LogP contribution is 2.48. The van der Waals surface area contributed by atoms with Gasteiger partial charge in [-0.05, 0) is 111 Å². The molecule has 0 saturated carbocycles. The summed E-state index contributed by atoms with van der Waals surface area (Å²) in [5, 5.41) is 9.48. The number of rotatable bonds is 4. The van der Waals surface area contributed by atoms with Crippen LogP contribution in [0.15, 0.2) is 186 Å². The molecule has 13 rings (SSSR count). The lowest BCUT2D eigenvalue weighted by Gasteiger charge is -2.22. The standard InChI is InChI=1S/C56H35N3OS/c1-2-12-34-30-38(22-21-33(34)11-1)54-57-55(39-24-28-51-48(32-39)43-18-8-10-20-50(43)61-51)59-56(58-54)46-27-26-45-42-17-7-9-19-49(42)60-53(45)52(46)44-25-23-37-29-35-13-3-4-14-36(35)31-47(37)41-16-6-5-15-40(41)44/h1-22,24,26-32,44H,23,25H2. The number of aromatic nitrogens is 3. The van der Waals surface area contributed by atoms with E-state index < -0.39 is 0 Å². The Balaban J connectivity index is 1.08. The first kappa shape index (κ1) is 34.4. The molecule has 9 aromatic carbocycles. The van der Waals surface area contributed by atoms with Crippen molar-refractivity contribution in [3.63, 3.8) is 0 Å². The van der Waals surface area contributed by atoms with E-state index in [2.05, 4.69) is 182 Å². The van der Waals surface area contributed by atoms with Crippen LogP contribution in [-0.2, 0) is 6.42 Å². The summed E-state index contributed by atoms with van der Waals surface area (Å²) in [6.45, 7) is 0. The minimum absolute atomic E-state index is 0.0103. The van der Waals surface area contributed by atoms with E-state index in [0.717, 1.165) is 62.4 Å². The number of aryl methyl sites for hydroxylation is 1. The fourth-order valence-corrected chi connectivity index (χ4v) is 10.9. The van der Waals surface area contributed by atoms with Crippen LogP contribution < -0.4 is 0 Å². The molecule has 1 aliphatic rings. The van der Waals surface area contributed by atoms with Crippen molar-refractivity contribution in [3.8, 4) is 45.3 Å². The molecule has 0 bridgehead atoms. The van der Waals surface area contributed by atoms with Crippen LogP contribution >= 0.6 is 11.3 Å². The molecule has 0 saturated heterocycles. The Morgan fingerprint density at radius 3 is 1.97 bits per heavy atom. The lowest BCUT2D eigenvalue weighted by molar-refractivity contribution is 0.647. The van der Waals surface area contributed by atoms with Crippen molar-refractivity contribution in [1.82, 2.24) is 15.0 Å². The van der Waals surface area contributed by atoms with Gasteiger partial charge < -0.3 is 4.42 Å². The van der Waals surface area contributed by atoms with Crippen LogP contribution in [-0.4, -0.2) is 15.0 Å². The number of benzene rings is 9. The third-order valence-corrected chi connectivity index (χ3v) is 13.9. The number of furan rings is 1. The highest BCUT2D eigenvalue weighted by Gasteiger charge is 2.31. The first-order valence-electron chi connectivity index (χ1n) is 20.9. The summed E-state index contributed by atoms with van der Waals surface area (Å²) in [5.41, 5.74) is 10.9. The fourth-order valence-electron chi connectivity index (χ4n) is 9.85. The third-order valence-electron chi connectivity index (χ3n) is 12.8. The van der Waals surface area contributed by atoms with Crippen molar-refractivity contribution >= 4 is 75.0 Å². The zero-order chi connectivity index (χ0) is 40.0. The molecule has 0 aliphatic heterocycles. The molecule has 0 amide bonds. The topological polar surface area (TPSA) is 51.8 Å². The summed E-state index contributed by atoms with van der Waals surface area (Å²) in [6, 6.07) is 65.4. The van der Waals surface area contributed by atoms with Crippen molar-refractivity contribution in [3.05, 3.63) is 199 Å². The van der Waals surface area contributed by atoms with Crippen molar-refractivity contribution < 1.29 is 4.42 Å². The molecule has 4 nitrogen and oxygen atoms in total. The van der Waals surface area contributed by atoms with Gasteiger partial charge in [-0.2, -0.15) is 0 Å². The molecule has 0 radical (unpaired) electrons. The maximum Gasteiger partial charge on any atom is 0.164 e. The second-order valence-electron chi connectivity index (χ2n) is 16.2. The Bertz CT molecular complexity index is 3750. The Morgan fingerprint density at radius 1 is 0.443 bits per heavy atom. The molecule has 0 fully saturated rings. The second-order valence-corrected chi connectivity index (χ2v) is 17.3. The summed E-state index contributed by atoms with van der Waals surface area (Å²) >= 11 is 1.82. The number of nitrogens with zero attached hydrogens (tertiary/aromatic N) is 3. The molecule has 3 heterocycles. The SMILES string of the molecule is c1ccc2c(c1)-c1cc3ccccc3cc1CCC2c1c(-c2nc(-c3ccc4ccccc4c3)nc(-c3ccc4sc5ccccc5c4c3)n2)ccc2c1oc1ccccc12. The smallest absolute Gasteiger partial charge is 0.164 e. The monoisotopic (exact) mass is 797 g/mol. The Morgan fingerprint density at radius 2 is 1.10 bits per heavy atom. The van der Waals surface area contributed by atoms with Gasteiger partial charge in [0.2, 0.25) is 0 Å². The van der Waals surface area contributed by atoms with Crippen molar-refractivity contribution in [1.29, 1.82) is 0 Å². The Kier molecular flexibility index (Phi) is 7.63. The molecule has 0 N–H and O–H groups in total. The second kappa shape index (κ2) is 13.5. The quantitative estimate of drug-likeness (QED) is 0.178. The van der Waals surface area contributed by atoms with Gasteiger partial charge in [0.05, 0.1) is 0 Å². The maximum absolute atomic E-state index is 6.98. The van der Waals surface area contributed by atoms with Gasteiger partial charge in [-0.25, -0.2) is 15.0 Å². The van der Waals surface area contributed by atoms with Crippen LogP contribution in [0.2, 0.25) is 0 Å². The summed E-state index contributed by atoms with van der Waals surface area (Å²) in [7, 11) is 0. The molecule has 286 valence electrons. The van der Waals surface area contributed by atoms with E-state index in [1.165, 1.54) is 58.6 Å². The van der Waals surface area contributed by atoms with Gasteiger partial charge in [-0.3, -0.25) is 0 Å². The van der Waals surface area contributed by atoms with Crippen molar-refractivity contribution in [2.45, 2.75) is 18.8 Å². The molecule has 1 atom stereocenters. The molecular formula is C56H35N3OS. The van der Waals surface area contributed by atoms with Crippen molar-refractivity contribution in [2.24, 2.45) is 0 Å². The molecule has 61 heavy (non-hydrogen) atoms. The van der Waals surface area contributed by atoms with Gasteiger partial charge >= 0.3 is 0 Å². The third kappa shape index (κ3) is 5.54. The van der Waals surface area contributed by atoms with E-state index in [-0.39, 0.29) is 5.92 Å². The molecule has 1 aliphatic carbocycles. The average molecular weight is 798 g/mol. The van der Waals surface area contributed by atoms with Crippen LogP contribution in [0.1, 0.15) is 29.0 Å². The Hall–Kier alpha value is -7.47. The summed E-state index contributed by atoms with van der Waals surface area (Å²) in [6.07, 6.45) is 1.80. The minimum atomic E-state index is -0.0103. The molecule has 0 spiro atoms. The first-order chi connectivity index (χ1) is 30.2. The Labute approximate surface area is 355 Å². The summed E-state index contributed by atoms with van der Waals surface area (Å²) in [4.78, 5) is 16.1. The lowest BCUT2D eigenvalue weighted by atomic mass is 9.82. The number of hydrogen-bond acceptors (Lipinski definition) is 5. The van der Waals surface area contributed by atoms with Crippen LogP contribution in [0, 0.1) is 0 Å². The van der Waals surface area contributed by atoms with Gasteiger partial charge in [0, 0.05) is 59.1 Å². The van der Waals surface area contributed by atoms with E-state index in [1.54, 1.807) is 0 Å². The molecule has 3 aromatic heterocycles. The number of hydrogen-bond donors (Lipinski definition) is 0. The summed E-state index contributed by atoms with van der Waals surface area (Å²) < 4.78 is 9.50. The van der Waals surface area contributed by atoms with E-state index in [4.69, 9.17) is 19.4 Å². The highest BCUT2D eigenvalue weighted by molar-refractivity contribution is 7.25. The molecular weight excluding hydrogens is 763 g/mol. The molecule has 12 aromatic rings. The lowest BCUT2D eigenvalue weighted by Crippen LogP contribution is -2.07. The van der Waals surface area contributed by atoms with Crippen molar-refractivity contribution in [2.75, 3.05) is 0 Å². The van der Waals surface area contributed by atoms with Crippen LogP contribution in [0.5, 0.6) is 0 Å². The van der Waals surface area contributed by atoms with Crippen LogP contribution in [0.3, 0.4) is 0 Å². The van der Waals surface area contributed by atoms with Crippen LogP contribution in [0.25, 0.3) is 109 Å². The van der Waals surface area contributed by atoms with Gasteiger partial charge in [-0.15, -0.1) is 11.3 Å². The largest absolute Gasteiger partial charge is 0.456 e. The summed E-state index contributed by atoms with van der Waals surface area (Å²) in [5.74, 6) is 1.90. The molecule has 5 heteroatoms. The zero-order valence-electron chi connectivity index (χ0n) is 33.0. The predicted molar refractivity (Wildman–Crippen MR) is 253 cm³/mol. The molecule has 1 unspecified atom stereocenters. The van der Waals surface area contributed by atoms with Gasteiger partial charge in [0.1, 0.15) is 11.2 Å². The van der Waals surface area contributed by atoms with Gasteiger partial charge in [0.15, 0.2) is 17.5 Å². The highest BCUT2D eigenvalue weighted by atomic mass is 32.1. The average Bonchev–Trinajstić information content (AvgIpc) is 3.85.